The van der Waals surface area contributed by atoms with Crippen molar-refractivity contribution >= 4 is 17.5 Å². The van der Waals surface area contributed by atoms with Gasteiger partial charge in [0.25, 0.3) is 0 Å². The number of carbonyl (C=O) groups excluding carboxylic acids is 2. The van der Waals surface area contributed by atoms with Gasteiger partial charge in [0, 0.05) is 13.1 Å². The number of piperazine rings is 1. The van der Waals surface area contributed by atoms with Gasteiger partial charge >= 0.3 is 0 Å². The van der Waals surface area contributed by atoms with Crippen LogP contribution in [-0.2, 0) is 9.59 Å². The standard InChI is InChI=1S/C13H16FN3O2/c1-8-2-3-10(9(14)6-8)17-12(18)7-11-13(19)16-5-4-15-11/h2-3,6,11,15H,4-5,7H2,1H3,(H,16,19)(H,17,18). The first-order valence-electron chi connectivity index (χ1n) is 6.13. The second-order valence-electron chi connectivity index (χ2n) is 4.53. The summed E-state index contributed by atoms with van der Waals surface area (Å²) >= 11 is 0. The van der Waals surface area contributed by atoms with Crippen molar-refractivity contribution in [1.82, 2.24) is 10.6 Å². The van der Waals surface area contributed by atoms with Gasteiger partial charge in [-0.3, -0.25) is 9.59 Å². The van der Waals surface area contributed by atoms with Gasteiger partial charge in [0.15, 0.2) is 0 Å². The van der Waals surface area contributed by atoms with Crippen molar-refractivity contribution in [2.24, 2.45) is 0 Å². The highest BCUT2D eigenvalue weighted by atomic mass is 19.1. The number of carbonyl (C=O) groups is 2. The zero-order chi connectivity index (χ0) is 13.8. The molecule has 0 radical (unpaired) electrons. The normalized spacial score (nSPS) is 18.8. The highest BCUT2D eigenvalue weighted by molar-refractivity contribution is 5.95. The van der Waals surface area contributed by atoms with E-state index in [2.05, 4.69) is 16.0 Å². The molecule has 1 aliphatic rings. The van der Waals surface area contributed by atoms with E-state index in [9.17, 15) is 14.0 Å². The van der Waals surface area contributed by atoms with E-state index in [0.29, 0.717) is 13.1 Å². The minimum Gasteiger partial charge on any atom is -0.353 e. The van der Waals surface area contributed by atoms with Gasteiger partial charge in [0.2, 0.25) is 11.8 Å². The zero-order valence-corrected chi connectivity index (χ0v) is 10.6. The molecule has 2 rings (SSSR count). The smallest absolute Gasteiger partial charge is 0.237 e. The highest BCUT2D eigenvalue weighted by Gasteiger charge is 2.24. The minimum absolute atomic E-state index is 0.0147. The number of amides is 2. The van der Waals surface area contributed by atoms with Crippen molar-refractivity contribution < 1.29 is 14.0 Å². The third-order valence-corrected chi connectivity index (χ3v) is 2.92. The van der Waals surface area contributed by atoms with E-state index in [4.69, 9.17) is 0 Å². The molecule has 19 heavy (non-hydrogen) atoms. The first-order valence-corrected chi connectivity index (χ1v) is 6.13. The number of halogens is 1. The Morgan fingerprint density at radius 2 is 2.26 bits per heavy atom. The Morgan fingerprint density at radius 3 is 2.95 bits per heavy atom. The van der Waals surface area contributed by atoms with Gasteiger partial charge in [0.1, 0.15) is 5.82 Å². The number of nitrogens with one attached hydrogen (secondary N) is 3. The molecular weight excluding hydrogens is 249 g/mol. The molecule has 1 aliphatic heterocycles. The van der Waals surface area contributed by atoms with Crippen molar-refractivity contribution in [3.05, 3.63) is 29.6 Å². The van der Waals surface area contributed by atoms with Crippen LogP contribution in [0.1, 0.15) is 12.0 Å². The number of hydrogen-bond acceptors (Lipinski definition) is 3. The maximum absolute atomic E-state index is 13.6. The molecule has 102 valence electrons. The van der Waals surface area contributed by atoms with Crippen molar-refractivity contribution in [1.29, 1.82) is 0 Å². The van der Waals surface area contributed by atoms with E-state index >= 15 is 0 Å². The fraction of sp³-hybridized carbons (Fsp3) is 0.385. The van der Waals surface area contributed by atoms with Crippen LogP contribution in [0.5, 0.6) is 0 Å². The molecule has 2 amide bonds. The summed E-state index contributed by atoms with van der Waals surface area (Å²) in [6.45, 7) is 2.96. The molecule has 0 spiro atoms. The molecule has 0 bridgehead atoms. The number of aryl methyl sites for hydroxylation is 1. The van der Waals surface area contributed by atoms with Crippen LogP contribution in [0.25, 0.3) is 0 Å². The summed E-state index contributed by atoms with van der Waals surface area (Å²) in [5, 5.41) is 8.08. The van der Waals surface area contributed by atoms with Crippen LogP contribution >= 0.6 is 0 Å². The fourth-order valence-corrected chi connectivity index (χ4v) is 1.92. The molecule has 0 aromatic heterocycles. The summed E-state index contributed by atoms with van der Waals surface area (Å²) in [7, 11) is 0. The zero-order valence-electron chi connectivity index (χ0n) is 10.6. The van der Waals surface area contributed by atoms with E-state index in [0.717, 1.165) is 5.56 Å². The quantitative estimate of drug-likeness (QED) is 0.747. The predicted octanol–water partition coefficient (Wildman–Crippen LogP) is 0.551. The van der Waals surface area contributed by atoms with Crippen LogP contribution in [0.15, 0.2) is 18.2 Å². The molecule has 0 aliphatic carbocycles. The molecule has 6 heteroatoms. The topological polar surface area (TPSA) is 70.2 Å². The maximum Gasteiger partial charge on any atom is 0.237 e. The summed E-state index contributed by atoms with van der Waals surface area (Å²) in [5.74, 6) is -1.07. The largest absolute Gasteiger partial charge is 0.353 e. The third-order valence-electron chi connectivity index (χ3n) is 2.92. The van der Waals surface area contributed by atoms with Gasteiger partial charge in [-0.05, 0) is 24.6 Å². The Labute approximate surface area is 110 Å². The van der Waals surface area contributed by atoms with Gasteiger partial charge in [0.05, 0.1) is 18.2 Å². The van der Waals surface area contributed by atoms with Gasteiger partial charge in [-0.2, -0.15) is 0 Å². The molecule has 3 N–H and O–H groups in total. The Bertz CT molecular complexity index is 505. The Morgan fingerprint density at radius 1 is 1.47 bits per heavy atom. The van der Waals surface area contributed by atoms with Crippen LogP contribution in [0, 0.1) is 12.7 Å². The lowest BCUT2D eigenvalue weighted by molar-refractivity contribution is -0.127. The molecule has 0 saturated carbocycles. The summed E-state index contributed by atoms with van der Waals surface area (Å²) in [6.07, 6.45) is -0.0147. The average Bonchev–Trinajstić information content (AvgIpc) is 2.36. The molecule has 1 atom stereocenters. The number of hydrogen-bond donors (Lipinski definition) is 3. The summed E-state index contributed by atoms with van der Waals surface area (Å²) in [5.41, 5.74) is 0.913. The maximum atomic E-state index is 13.6. The SMILES string of the molecule is Cc1ccc(NC(=O)CC2NCCNC2=O)c(F)c1. The Hall–Kier alpha value is -1.95. The lowest BCUT2D eigenvalue weighted by atomic mass is 10.1. The number of anilines is 1. The van der Waals surface area contributed by atoms with Crippen LogP contribution in [0.3, 0.4) is 0 Å². The van der Waals surface area contributed by atoms with E-state index in [1.807, 2.05) is 0 Å². The Balaban J connectivity index is 1.95. The van der Waals surface area contributed by atoms with E-state index < -0.39 is 17.8 Å². The molecule has 1 saturated heterocycles. The van der Waals surface area contributed by atoms with Gasteiger partial charge < -0.3 is 16.0 Å². The lowest BCUT2D eigenvalue weighted by Crippen LogP contribution is -2.53. The average molecular weight is 265 g/mol. The van der Waals surface area contributed by atoms with Crippen molar-refractivity contribution in [2.75, 3.05) is 18.4 Å². The molecular formula is C13H16FN3O2. The Kier molecular flexibility index (Phi) is 4.11. The fourth-order valence-electron chi connectivity index (χ4n) is 1.92. The first kappa shape index (κ1) is 13.5. The van der Waals surface area contributed by atoms with Gasteiger partial charge in [-0.15, -0.1) is 0 Å². The van der Waals surface area contributed by atoms with Crippen LogP contribution in [0.2, 0.25) is 0 Å². The molecule has 1 fully saturated rings. The van der Waals surface area contributed by atoms with Crippen LogP contribution < -0.4 is 16.0 Å². The van der Waals surface area contributed by atoms with Crippen molar-refractivity contribution in [3.63, 3.8) is 0 Å². The third kappa shape index (κ3) is 3.51. The van der Waals surface area contributed by atoms with Crippen LogP contribution in [0.4, 0.5) is 10.1 Å². The summed E-state index contributed by atoms with van der Waals surface area (Å²) < 4.78 is 13.6. The van der Waals surface area contributed by atoms with E-state index in [1.165, 1.54) is 12.1 Å². The predicted molar refractivity (Wildman–Crippen MR) is 69.2 cm³/mol. The molecule has 1 heterocycles. The number of benzene rings is 1. The molecule has 5 nitrogen and oxygen atoms in total. The number of rotatable bonds is 3. The second kappa shape index (κ2) is 5.79. The minimum atomic E-state index is -0.553. The monoisotopic (exact) mass is 265 g/mol. The van der Waals surface area contributed by atoms with Gasteiger partial charge in [-0.25, -0.2) is 4.39 Å². The lowest BCUT2D eigenvalue weighted by Gasteiger charge is -2.22. The molecule has 1 aromatic rings. The van der Waals surface area contributed by atoms with E-state index in [-0.39, 0.29) is 18.0 Å². The van der Waals surface area contributed by atoms with Crippen LogP contribution in [-0.4, -0.2) is 30.9 Å². The first-order chi connectivity index (χ1) is 9.06. The van der Waals surface area contributed by atoms with Crippen molar-refractivity contribution in [3.8, 4) is 0 Å². The molecule has 1 unspecified atom stereocenters. The summed E-state index contributed by atoms with van der Waals surface area (Å²) in [4.78, 5) is 23.2. The van der Waals surface area contributed by atoms with Gasteiger partial charge in [-0.1, -0.05) is 6.07 Å². The second-order valence-corrected chi connectivity index (χ2v) is 4.53. The molecule has 1 aromatic carbocycles. The van der Waals surface area contributed by atoms with Crippen molar-refractivity contribution in [2.45, 2.75) is 19.4 Å². The highest BCUT2D eigenvalue weighted by Crippen LogP contribution is 2.15. The van der Waals surface area contributed by atoms with E-state index in [1.54, 1.807) is 13.0 Å². The summed E-state index contributed by atoms with van der Waals surface area (Å²) in [6, 6.07) is 4.02.